The van der Waals surface area contributed by atoms with E-state index in [9.17, 15) is 23.1 Å². The number of nitriles is 1. The quantitative estimate of drug-likeness (QED) is 0.272. The average Bonchev–Trinajstić information content (AvgIpc) is 2.83. The molecule has 0 fully saturated rings. The zero-order chi connectivity index (χ0) is 26.3. The van der Waals surface area contributed by atoms with Gasteiger partial charge >= 0.3 is 12.1 Å². The molecule has 0 aliphatic rings. The summed E-state index contributed by atoms with van der Waals surface area (Å²) in [6.07, 6.45) is -3.51. The highest BCUT2D eigenvalue weighted by Gasteiger charge is 2.31. The maximum atomic E-state index is 12.3. The summed E-state index contributed by atoms with van der Waals surface area (Å²) in [4.78, 5) is 12.2. The van der Waals surface area contributed by atoms with Gasteiger partial charge in [0.25, 0.3) is 11.7 Å². The maximum absolute atomic E-state index is 12.3. The summed E-state index contributed by atoms with van der Waals surface area (Å²) >= 11 is 0. The van der Waals surface area contributed by atoms with Crippen LogP contribution in [0.4, 0.5) is 13.2 Å². The molecule has 0 aliphatic heterocycles. The SMILES string of the molecule is COc1cc(/C=N/NC(=O)c2ccc(O)c(C#N)c2)cc([OH2+])c1OCc1ccc(OC(F)(F)F)cc1. The number of ether oxygens (including phenoxy) is 3. The van der Waals surface area contributed by atoms with Gasteiger partial charge in [0.1, 0.15) is 24.2 Å². The number of nitrogens with zero attached hydrogens (tertiary/aromatic N) is 2. The number of hydrogen-bond acceptors (Lipinski definition) is 7. The molecule has 12 heteroatoms. The highest BCUT2D eigenvalue weighted by molar-refractivity contribution is 5.95. The van der Waals surface area contributed by atoms with Gasteiger partial charge in [-0.05, 0) is 42.0 Å². The van der Waals surface area contributed by atoms with Crippen LogP contribution in [-0.4, -0.2) is 35.8 Å². The van der Waals surface area contributed by atoms with Crippen molar-refractivity contribution >= 4 is 12.1 Å². The second-order valence-corrected chi connectivity index (χ2v) is 7.12. The third-order valence-electron chi connectivity index (χ3n) is 4.60. The number of halogens is 3. The number of carbonyl (C=O) groups excluding carboxylic acids is 1. The normalized spacial score (nSPS) is 11.1. The van der Waals surface area contributed by atoms with E-state index in [0.717, 1.165) is 12.1 Å². The molecular weight excluding hydrogens is 483 g/mol. The van der Waals surface area contributed by atoms with Gasteiger partial charge in [-0.1, -0.05) is 12.1 Å². The number of aromatic hydroxyl groups is 1. The number of rotatable bonds is 8. The Kier molecular flexibility index (Phi) is 7.85. The first-order chi connectivity index (χ1) is 17.1. The van der Waals surface area contributed by atoms with Crippen molar-refractivity contribution in [3.8, 4) is 34.8 Å². The van der Waals surface area contributed by atoms with Gasteiger partial charge in [-0.15, -0.1) is 13.2 Å². The van der Waals surface area contributed by atoms with Gasteiger partial charge in [0.2, 0.25) is 0 Å². The average molecular weight is 502 g/mol. The molecule has 0 radical (unpaired) electrons. The van der Waals surface area contributed by atoms with E-state index in [0.29, 0.717) is 11.1 Å². The van der Waals surface area contributed by atoms with Crippen LogP contribution in [0.3, 0.4) is 0 Å². The second kappa shape index (κ2) is 11.0. The van der Waals surface area contributed by atoms with Crippen LogP contribution in [0.1, 0.15) is 27.0 Å². The minimum Gasteiger partial charge on any atom is -0.591 e. The minimum absolute atomic E-state index is 0.0463. The molecule has 0 saturated heterocycles. The van der Waals surface area contributed by atoms with Crippen LogP contribution in [0.5, 0.6) is 28.7 Å². The lowest BCUT2D eigenvalue weighted by molar-refractivity contribution is -0.274. The Morgan fingerprint density at radius 1 is 1.19 bits per heavy atom. The Labute approximate surface area is 202 Å². The van der Waals surface area contributed by atoms with Gasteiger partial charge in [-0.3, -0.25) is 4.79 Å². The number of alkyl halides is 3. The van der Waals surface area contributed by atoms with E-state index in [-0.39, 0.29) is 46.5 Å². The number of benzene rings is 3. The fraction of sp³-hybridized carbons (Fsp3) is 0.125. The van der Waals surface area contributed by atoms with Crippen LogP contribution >= 0.6 is 0 Å². The van der Waals surface area contributed by atoms with Gasteiger partial charge in [0, 0.05) is 17.2 Å². The van der Waals surface area contributed by atoms with Gasteiger partial charge in [0.15, 0.2) is 5.75 Å². The zero-order valence-electron chi connectivity index (χ0n) is 18.6. The summed E-state index contributed by atoms with van der Waals surface area (Å²) in [5.74, 6) is -0.991. The molecule has 3 aromatic carbocycles. The predicted molar refractivity (Wildman–Crippen MR) is 121 cm³/mol. The number of methoxy groups -OCH3 is 1. The van der Waals surface area contributed by atoms with E-state index in [2.05, 4.69) is 15.3 Å². The first-order valence-electron chi connectivity index (χ1n) is 10.1. The van der Waals surface area contributed by atoms with Crippen LogP contribution in [-0.2, 0) is 6.61 Å². The largest absolute Gasteiger partial charge is 0.591 e. The highest BCUT2D eigenvalue weighted by atomic mass is 19.4. The summed E-state index contributed by atoms with van der Waals surface area (Å²) in [5.41, 5.74) is 3.27. The van der Waals surface area contributed by atoms with E-state index in [1.807, 2.05) is 0 Å². The first-order valence-corrected chi connectivity index (χ1v) is 10.1. The Bertz CT molecular complexity index is 1320. The van der Waals surface area contributed by atoms with Crippen molar-refractivity contribution in [1.29, 1.82) is 5.26 Å². The molecule has 0 saturated carbocycles. The molecule has 0 spiro atoms. The summed E-state index contributed by atoms with van der Waals surface area (Å²) in [5, 5.41) is 30.5. The van der Waals surface area contributed by atoms with E-state index < -0.39 is 12.3 Å². The molecule has 4 N–H and O–H groups in total. The number of phenols is 1. The van der Waals surface area contributed by atoms with Crippen LogP contribution in [0.25, 0.3) is 0 Å². The van der Waals surface area contributed by atoms with Crippen molar-refractivity contribution in [2.45, 2.75) is 13.0 Å². The number of carbonyl (C=O) groups is 1. The van der Waals surface area contributed by atoms with Gasteiger partial charge in [-0.2, -0.15) is 10.4 Å². The topological polar surface area (TPSA) is 136 Å². The lowest BCUT2D eigenvalue weighted by atomic mass is 10.1. The minimum atomic E-state index is -4.79. The van der Waals surface area contributed by atoms with Crippen molar-refractivity contribution < 1.29 is 42.4 Å². The van der Waals surface area contributed by atoms with Crippen LogP contribution in [0, 0.1) is 11.3 Å². The lowest BCUT2D eigenvalue weighted by Gasteiger charge is -2.12. The zero-order valence-corrected chi connectivity index (χ0v) is 18.6. The Hall–Kier alpha value is -4.92. The van der Waals surface area contributed by atoms with E-state index in [4.69, 9.17) is 19.8 Å². The molecular formula is C24H19F3N3O6+. The smallest absolute Gasteiger partial charge is 0.573 e. The molecule has 36 heavy (non-hydrogen) atoms. The van der Waals surface area contributed by atoms with Crippen LogP contribution < -0.4 is 19.6 Å². The third-order valence-corrected chi connectivity index (χ3v) is 4.60. The Morgan fingerprint density at radius 3 is 2.56 bits per heavy atom. The standard InChI is InChI=1S/C24H18F3N3O6/c1-34-21-9-15(12-29-30-23(33)16-4-7-19(31)17(10-16)11-28)8-20(32)22(21)35-13-14-2-5-18(6-3-14)36-24(25,26)27/h2-10,12,31-32H,13H2,1H3,(H,30,33)/p+1/b29-12+. The number of phenolic OH excluding ortho intramolecular Hbond substituents is 1. The molecule has 0 bridgehead atoms. The molecule has 9 nitrogen and oxygen atoms in total. The van der Waals surface area contributed by atoms with Gasteiger partial charge in [-0.25, -0.2) is 5.43 Å². The van der Waals surface area contributed by atoms with E-state index >= 15 is 0 Å². The molecule has 1 amide bonds. The molecule has 0 atom stereocenters. The number of amides is 1. The predicted octanol–water partition coefficient (Wildman–Crippen LogP) is 3.95. The lowest BCUT2D eigenvalue weighted by Crippen LogP contribution is -2.17. The molecule has 0 aromatic heterocycles. The number of hydrazone groups is 1. The van der Waals surface area contributed by atoms with Crippen molar-refractivity contribution in [2.75, 3.05) is 7.11 Å². The van der Waals surface area contributed by atoms with E-state index in [1.165, 1.54) is 55.8 Å². The summed E-state index contributed by atoms with van der Waals surface area (Å²) in [6.45, 7) is -0.0463. The fourth-order valence-corrected chi connectivity index (χ4v) is 2.94. The first kappa shape index (κ1) is 25.7. The molecule has 0 aliphatic carbocycles. The molecule has 0 unspecified atom stereocenters. The summed E-state index contributed by atoms with van der Waals surface area (Å²) in [7, 11) is 1.37. The van der Waals surface area contributed by atoms with Crippen molar-refractivity contribution in [2.24, 2.45) is 5.10 Å². The van der Waals surface area contributed by atoms with Gasteiger partial charge < -0.3 is 24.4 Å². The summed E-state index contributed by atoms with van der Waals surface area (Å²) in [6, 6.07) is 13.5. The molecule has 0 heterocycles. The van der Waals surface area contributed by atoms with Crippen molar-refractivity contribution in [1.82, 2.24) is 5.43 Å². The number of nitrogens with one attached hydrogen (secondary N) is 1. The fourth-order valence-electron chi connectivity index (χ4n) is 2.94. The number of hydrogen-bond donors (Lipinski definition) is 2. The Balaban J connectivity index is 1.66. The van der Waals surface area contributed by atoms with E-state index in [1.54, 1.807) is 6.07 Å². The molecule has 3 aromatic rings. The van der Waals surface area contributed by atoms with Crippen molar-refractivity contribution in [3.63, 3.8) is 0 Å². The van der Waals surface area contributed by atoms with Crippen LogP contribution in [0.15, 0.2) is 59.7 Å². The van der Waals surface area contributed by atoms with Crippen LogP contribution in [0.2, 0.25) is 0 Å². The van der Waals surface area contributed by atoms with Crippen molar-refractivity contribution in [3.05, 3.63) is 76.9 Å². The summed E-state index contributed by atoms with van der Waals surface area (Å²) < 4.78 is 51.6. The Morgan fingerprint density at radius 2 is 1.92 bits per heavy atom. The van der Waals surface area contributed by atoms with Gasteiger partial charge in [0.05, 0.1) is 18.9 Å². The second-order valence-electron chi connectivity index (χ2n) is 7.12. The third kappa shape index (κ3) is 6.80. The highest BCUT2D eigenvalue weighted by Crippen LogP contribution is 2.38. The maximum Gasteiger partial charge on any atom is 0.573 e. The molecule has 3 rings (SSSR count). The molecule has 186 valence electrons. The monoisotopic (exact) mass is 502 g/mol.